The van der Waals surface area contributed by atoms with Crippen LogP contribution in [0.2, 0.25) is 5.15 Å². The molecule has 0 aliphatic rings. The Labute approximate surface area is 126 Å². The van der Waals surface area contributed by atoms with Gasteiger partial charge in [-0.25, -0.2) is 4.98 Å². The molecule has 0 spiro atoms. The highest BCUT2D eigenvalue weighted by Gasteiger charge is 2.07. The van der Waals surface area contributed by atoms with E-state index in [0.717, 1.165) is 56.9 Å². The maximum absolute atomic E-state index is 6.10. The van der Waals surface area contributed by atoms with E-state index in [2.05, 4.69) is 22.2 Å². The fraction of sp³-hybridized carbons (Fsp3) is 0.786. The number of aryl methyl sites for hydroxylation is 1. The normalized spacial score (nSPS) is 11.2. The lowest BCUT2D eigenvalue weighted by Gasteiger charge is -2.05. The third kappa shape index (κ3) is 7.24. The Kier molecular flexibility index (Phi) is 9.66. The number of hydrogen-bond acceptors (Lipinski definition) is 4. The van der Waals surface area contributed by atoms with Crippen molar-refractivity contribution < 1.29 is 9.47 Å². The van der Waals surface area contributed by atoms with Gasteiger partial charge < -0.3 is 19.8 Å². The van der Waals surface area contributed by atoms with E-state index in [1.807, 2.05) is 0 Å². The summed E-state index contributed by atoms with van der Waals surface area (Å²) in [6.45, 7) is 5.83. The van der Waals surface area contributed by atoms with E-state index in [9.17, 15) is 0 Å². The maximum Gasteiger partial charge on any atom is 0.151 e. The Balaban J connectivity index is 2.10. The highest BCUT2D eigenvalue weighted by atomic mass is 35.5. The number of unbranched alkanes of at least 4 members (excludes halogenated alkanes) is 1. The van der Waals surface area contributed by atoms with Crippen LogP contribution < -0.4 is 5.32 Å². The molecule has 0 unspecified atom stereocenters. The van der Waals surface area contributed by atoms with Gasteiger partial charge in [-0.1, -0.05) is 24.9 Å². The van der Waals surface area contributed by atoms with Crippen LogP contribution in [0.25, 0.3) is 0 Å². The topological polar surface area (TPSA) is 59.2 Å². The van der Waals surface area contributed by atoms with Crippen LogP contribution in [0, 0.1) is 0 Å². The molecule has 0 saturated heterocycles. The number of ether oxygens (including phenoxy) is 2. The molecule has 1 aromatic heterocycles. The number of aromatic amines is 1. The minimum Gasteiger partial charge on any atom is -0.382 e. The van der Waals surface area contributed by atoms with Crippen molar-refractivity contribution in [3.8, 4) is 0 Å². The van der Waals surface area contributed by atoms with Crippen molar-refractivity contribution in [2.45, 2.75) is 39.2 Å². The Morgan fingerprint density at radius 3 is 2.85 bits per heavy atom. The molecule has 0 amide bonds. The summed E-state index contributed by atoms with van der Waals surface area (Å²) in [7, 11) is 1.67. The monoisotopic (exact) mass is 303 g/mol. The highest BCUT2D eigenvalue weighted by molar-refractivity contribution is 6.30. The van der Waals surface area contributed by atoms with Crippen LogP contribution in [0.1, 0.15) is 37.7 Å². The molecule has 1 rings (SSSR count). The van der Waals surface area contributed by atoms with E-state index >= 15 is 0 Å². The molecule has 2 N–H and O–H groups in total. The lowest BCUT2D eigenvalue weighted by molar-refractivity contribution is 0.0694. The van der Waals surface area contributed by atoms with Gasteiger partial charge in [0.1, 0.15) is 5.82 Å². The molecule has 0 aliphatic carbocycles. The molecule has 5 nitrogen and oxygen atoms in total. The van der Waals surface area contributed by atoms with Crippen LogP contribution in [0.3, 0.4) is 0 Å². The van der Waals surface area contributed by atoms with Gasteiger partial charge in [0.25, 0.3) is 0 Å². The molecule has 0 aromatic carbocycles. The van der Waals surface area contributed by atoms with Crippen molar-refractivity contribution in [3.05, 3.63) is 16.7 Å². The fourth-order valence-electron chi connectivity index (χ4n) is 1.78. The van der Waals surface area contributed by atoms with E-state index in [0.29, 0.717) is 18.4 Å². The SMILES string of the molecule is CCCCc1nc(Cl)c(CNCCCOCCOC)[nH]1. The van der Waals surface area contributed by atoms with Crippen LogP contribution in [0.5, 0.6) is 0 Å². The smallest absolute Gasteiger partial charge is 0.151 e. The number of nitrogens with one attached hydrogen (secondary N) is 2. The predicted molar refractivity (Wildman–Crippen MR) is 81.2 cm³/mol. The summed E-state index contributed by atoms with van der Waals surface area (Å²) >= 11 is 6.10. The summed E-state index contributed by atoms with van der Waals surface area (Å²) in [5.41, 5.74) is 0.970. The van der Waals surface area contributed by atoms with Gasteiger partial charge in [0, 0.05) is 26.7 Å². The van der Waals surface area contributed by atoms with Gasteiger partial charge in [0.2, 0.25) is 0 Å². The zero-order valence-corrected chi connectivity index (χ0v) is 13.3. The van der Waals surface area contributed by atoms with E-state index in [1.165, 1.54) is 0 Å². The zero-order chi connectivity index (χ0) is 14.6. The summed E-state index contributed by atoms with van der Waals surface area (Å²) in [6, 6.07) is 0. The van der Waals surface area contributed by atoms with Crippen molar-refractivity contribution in [2.75, 3.05) is 33.5 Å². The molecule has 0 bridgehead atoms. The molecule has 0 aliphatic heterocycles. The Bertz CT molecular complexity index is 358. The van der Waals surface area contributed by atoms with Gasteiger partial charge in [-0.3, -0.25) is 0 Å². The van der Waals surface area contributed by atoms with Crippen LogP contribution in [0.15, 0.2) is 0 Å². The van der Waals surface area contributed by atoms with E-state index in [1.54, 1.807) is 7.11 Å². The molecule has 6 heteroatoms. The number of halogens is 1. The van der Waals surface area contributed by atoms with Crippen LogP contribution >= 0.6 is 11.6 Å². The minimum atomic E-state index is 0.583. The highest BCUT2D eigenvalue weighted by Crippen LogP contribution is 2.13. The van der Waals surface area contributed by atoms with E-state index in [4.69, 9.17) is 21.1 Å². The average molecular weight is 304 g/mol. The number of methoxy groups -OCH3 is 1. The molecule has 0 fully saturated rings. The number of hydrogen-bond donors (Lipinski definition) is 2. The van der Waals surface area contributed by atoms with E-state index < -0.39 is 0 Å². The van der Waals surface area contributed by atoms with E-state index in [-0.39, 0.29) is 0 Å². The fourth-order valence-corrected chi connectivity index (χ4v) is 1.99. The van der Waals surface area contributed by atoms with Gasteiger partial charge in [0.05, 0.1) is 18.9 Å². The molecule has 1 aromatic rings. The number of rotatable bonds is 12. The first kappa shape index (κ1) is 17.4. The predicted octanol–water partition coefficient (Wildman–Crippen LogP) is 2.55. The summed E-state index contributed by atoms with van der Waals surface area (Å²) in [5.74, 6) is 0.983. The van der Waals surface area contributed by atoms with Crippen molar-refractivity contribution in [3.63, 3.8) is 0 Å². The van der Waals surface area contributed by atoms with Crippen LogP contribution in [0.4, 0.5) is 0 Å². The molecule has 0 atom stereocenters. The summed E-state index contributed by atoms with van der Waals surface area (Å²) in [5, 5.41) is 3.92. The summed E-state index contributed by atoms with van der Waals surface area (Å²) in [4.78, 5) is 7.61. The first-order valence-electron chi connectivity index (χ1n) is 7.28. The molecule has 20 heavy (non-hydrogen) atoms. The zero-order valence-electron chi connectivity index (χ0n) is 12.5. The van der Waals surface area contributed by atoms with Crippen molar-refractivity contribution in [1.29, 1.82) is 0 Å². The second-order valence-corrected chi connectivity index (χ2v) is 5.05. The molecular weight excluding hydrogens is 278 g/mol. The second kappa shape index (κ2) is 11.1. The molecule has 0 saturated carbocycles. The lowest BCUT2D eigenvalue weighted by atomic mass is 10.2. The molecule has 116 valence electrons. The van der Waals surface area contributed by atoms with Crippen molar-refractivity contribution in [1.82, 2.24) is 15.3 Å². The van der Waals surface area contributed by atoms with Gasteiger partial charge in [-0.2, -0.15) is 0 Å². The van der Waals surface area contributed by atoms with Gasteiger partial charge in [0.15, 0.2) is 5.15 Å². The number of nitrogens with zero attached hydrogens (tertiary/aromatic N) is 1. The second-order valence-electron chi connectivity index (χ2n) is 4.69. The molecular formula is C14H26ClN3O2. The van der Waals surface area contributed by atoms with Crippen LogP contribution in [-0.2, 0) is 22.4 Å². The third-order valence-corrected chi connectivity index (χ3v) is 3.23. The summed E-state index contributed by atoms with van der Waals surface area (Å²) < 4.78 is 10.3. The van der Waals surface area contributed by atoms with Crippen LogP contribution in [-0.4, -0.2) is 43.4 Å². The van der Waals surface area contributed by atoms with Gasteiger partial charge in [-0.15, -0.1) is 0 Å². The first-order valence-corrected chi connectivity index (χ1v) is 7.66. The van der Waals surface area contributed by atoms with Gasteiger partial charge >= 0.3 is 0 Å². The van der Waals surface area contributed by atoms with Crippen molar-refractivity contribution >= 4 is 11.6 Å². The standard InChI is InChI=1S/C14H26ClN3O2/c1-3-4-6-13-17-12(14(15)18-13)11-16-7-5-8-20-10-9-19-2/h16H,3-11H2,1-2H3,(H,17,18). The first-order chi connectivity index (χ1) is 9.77. The minimum absolute atomic E-state index is 0.583. The van der Waals surface area contributed by atoms with Gasteiger partial charge in [-0.05, 0) is 19.4 Å². The Morgan fingerprint density at radius 1 is 1.25 bits per heavy atom. The molecule has 1 heterocycles. The number of H-pyrrole nitrogens is 1. The average Bonchev–Trinajstić information content (AvgIpc) is 2.80. The lowest BCUT2D eigenvalue weighted by Crippen LogP contribution is -2.17. The quantitative estimate of drug-likeness (QED) is 0.583. The maximum atomic E-state index is 6.10. The summed E-state index contributed by atoms with van der Waals surface area (Å²) in [6.07, 6.45) is 4.23. The number of aromatic nitrogens is 2. The Morgan fingerprint density at radius 2 is 2.10 bits per heavy atom. The molecule has 0 radical (unpaired) electrons. The Hall–Kier alpha value is -0.620. The van der Waals surface area contributed by atoms with Crippen molar-refractivity contribution in [2.24, 2.45) is 0 Å². The third-order valence-electron chi connectivity index (χ3n) is 2.92. The largest absolute Gasteiger partial charge is 0.382 e. The number of imidazole rings is 1.